The van der Waals surface area contributed by atoms with E-state index in [2.05, 4.69) is 5.32 Å². The van der Waals surface area contributed by atoms with Gasteiger partial charge in [0.25, 0.3) is 0 Å². The maximum Gasteiger partial charge on any atom is 0.320 e. The van der Waals surface area contributed by atoms with Gasteiger partial charge in [-0.05, 0) is 12.3 Å². The molecule has 74 valence electrons. The third-order valence-electron chi connectivity index (χ3n) is 2.40. The molecule has 1 aliphatic heterocycles. The first kappa shape index (κ1) is 9.98. The highest BCUT2D eigenvalue weighted by Crippen LogP contribution is 2.22. The van der Waals surface area contributed by atoms with Crippen molar-refractivity contribution in [1.29, 1.82) is 0 Å². The van der Waals surface area contributed by atoms with Crippen molar-refractivity contribution in [3.8, 4) is 0 Å². The van der Waals surface area contributed by atoms with Crippen LogP contribution in [0.1, 0.15) is 19.8 Å². The predicted molar refractivity (Wildman–Crippen MR) is 44.4 cm³/mol. The third kappa shape index (κ3) is 2.42. The van der Waals surface area contributed by atoms with Crippen LogP contribution in [0.5, 0.6) is 0 Å². The van der Waals surface area contributed by atoms with E-state index < -0.39 is 18.0 Å². The fraction of sp³-hybridized carbons (Fsp3) is 0.750. The number of nitrogens with one attached hydrogen (secondary N) is 1. The van der Waals surface area contributed by atoms with Crippen molar-refractivity contribution < 1.29 is 19.8 Å². The summed E-state index contributed by atoms with van der Waals surface area (Å²) in [6.45, 7) is 1.86. The second kappa shape index (κ2) is 3.74. The SMILES string of the molecule is C[C@H]1C[C@@H](C(=O)O)N[C@@H]1CC(=O)O. The molecule has 1 heterocycles. The Morgan fingerprint density at radius 2 is 2.08 bits per heavy atom. The third-order valence-corrected chi connectivity index (χ3v) is 2.40. The molecule has 3 atom stereocenters. The van der Waals surface area contributed by atoms with Crippen LogP contribution in [0.3, 0.4) is 0 Å². The van der Waals surface area contributed by atoms with Crippen molar-refractivity contribution in [2.75, 3.05) is 0 Å². The van der Waals surface area contributed by atoms with Crippen LogP contribution in [0, 0.1) is 5.92 Å². The van der Waals surface area contributed by atoms with E-state index in [-0.39, 0.29) is 18.4 Å². The normalized spacial score (nSPS) is 33.2. The average molecular weight is 187 g/mol. The van der Waals surface area contributed by atoms with Gasteiger partial charge in [-0.25, -0.2) is 0 Å². The quantitative estimate of drug-likeness (QED) is 0.575. The molecule has 0 amide bonds. The number of carbonyl (C=O) groups is 2. The fourth-order valence-electron chi connectivity index (χ4n) is 1.65. The van der Waals surface area contributed by atoms with E-state index >= 15 is 0 Å². The lowest BCUT2D eigenvalue weighted by Gasteiger charge is -2.12. The number of rotatable bonds is 3. The monoisotopic (exact) mass is 187 g/mol. The first-order valence-electron chi connectivity index (χ1n) is 4.21. The van der Waals surface area contributed by atoms with Crippen molar-refractivity contribution in [3.63, 3.8) is 0 Å². The van der Waals surface area contributed by atoms with Gasteiger partial charge in [0.1, 0.15) is 6.04 Å². The summed E-state index contributed by atoms with van der Waals surface area (Å²) in [6, 6.07) is -0.794. The summed E-state index contributed by atoms with van der Waals surface area (Å²) in [5, 5.41) is 20.0. The molecule has 0 aromatic heterocycles. The minimum absolute atomic E-state index is 0.00898. The molecule has 0 spiro atoms. The molecule has 0 aromatic rings. The van der Waals surface area contributed by atoms with Gasteiger partial charge in [-0.2, -0.15) is 0 Å². The smallest absolute Gasteiger partial charge is 0.320 e. The van der Waals surface area contributed by atoms with E-state index in [9.17, 15) is 9.59 Å². The van der Waals surface area contributed by atoms with E-state index in [1.807, 2.05) is 6.92 Å². The summed E-state index contributed by atoms with van der Waals surface area (Å²) in [6.07, 6.45) is 0.498. The highest BCUT2D eigenvalue weighted by molar-refractivity contribution is 5.74. The Morgan fingerprint density at radius 3 is 2.46 bits per heavy atom. The molecule has 1 fully saturated rings. The molecular formula is C8H13NO4. The van der Waals surface area contributed by atoms with Crippen LogP contribution >= 0.6 is 0 Å². The van der Waals surface area contributed by atoms with Gasteiger partial charge in [0.2, 0.25) is 0 Å². The standard InChI is InChI=1S/C8H13NO4/c1-4-2-6(8(12)13)9-5(4)3-7(10)11/h4-6,9H,2-3H2,1H3,(H,10,11)(H,12,13)/t4-,5+,6-/m0/s1. The van der Waals surface area contributed by atoms with E-state index in [1.54, 1.807) is 0 Å². The zero-order valence-electron chi connectivity index (χ0n) is 7.36. The Morgan fingerprint density at radius 1 is 1.46 bits per heavy atom. The van der Waals surface area contributed by atoms with E-state index in [0.29, 0.717) is 6.42 Å². The average Bonchev–Trinajstić information content (AvgIpc) is 2.31. The maximum absolute atomic E-state index is 10.6. The van der Waals surface area contributed by atoms with Gasteiger partial charge in [0.15, 0.2) is 0 Å². The summed E-state index contributed by atoms with van der Waals surface area (Å²) >= 11 is 0. The summed E-state index contributed by atoms with van der Waals surface area (Å²) in [5.41, 5.74) is 0. The lowest BCUT2D eigenvalue weighted by molar-refractivity contribution is -0.140. The number of carboxylic acid groups (broad SMARTS) is 2. The number of carboxylic acids is 2. The Hall–Kier alpha value is -1.10. The zero-order chi connectivity index (χ0) is 10.0. The molecule has 0 unspecified atom stereocenters. The van der Waals surface area contributed by atoms with E-state index in [1.165, 1.54) is 0 Å². The topological polar surface area (TPSA) is 86.6 Å². The Balaban J connectivity index is 2.51. The summed E-state index contributed by atoms with van der Waals surface area (Å²) in [4.78, 5) is 21.0. The Bertz CT molecular complexity index is 228. The fourth-order valence-corrected chi connectivity index (χ4v) is 1.65. The van der Waals surface area contributed by atoms with Gasteiger partial charge in [-0.3, -0.25) is 9.59 Å². The van der Waals surface area contributed by atoms with Crippen LogP contribution in [0.2, 0.25) is 0 Å². The number of hydrogen-bond donors (Lipinski definition) is 3. The van der Waals surface area contributed by atoms with E-state index in [0.717, 1.165) is 0 Å². The molecule has 5 heteroatoms. The summed E-state index contributed by atoms with van der Waals surface area (Å²) in [5.74, 6) is -1.69. The van der Waals surface area contributed by atoms with Gasteiger partial charge >= 0.3 is 11.9 Å². The lowest BCUT2D eigenvalue weighted by atomic mass is 9.99. The van der Waals surface area contributed by atoms with Gasteiger partial charge in [0, 0.05) is 6.04 Å². The largest absolute Gasteiger partial charge is 0.481 e. The molecule has 1 aliphatic rings. The van der Waals surface area contributed by atoms with Crippen molar-refractivity contribution in [2.24, 2.45) is 5.92 Å². The molecule has 0 aliphatic carbocycles. The Kier molecular flexibility index (Phi) is 2.87. The maximum atomic E-state index is 10.6. The zero-order valence-corrected chi connectivity index (χ0v) is 7.36. The minimum Gasteiger partial charge on any atom is -0.481 e. The highest BCUT2D eigenvalue weighted by Gasteiger charge is 2.35. The van der Waals surface area contributed by atoms with Gasteiger partial charge in [-0.1, -0.05) is 6.92 Å². The predicted octanol–water partition coefficient (Wildman–Crippen LogP) is -0.0877. The van der Waals surface area contributed by atoms with Crippen LogP contribution in [0.25, 0.3) is 0 Å². The van der Waals surface area contributed by atoms with Crippen LogP contribution < -0.4 is 5.32 Å². The van der Waals surface area contributed by atoms with Crippen LogP contribution in [0.15, 0.2) is 0 Å². The van der Waals surface area contributed by atoms with Crippen molar-refractivity contribution >= 4 is 11.9 Å². The van der Waals surface area contributed by atoms with Crippen molar-refractivity contribution in [2.45, 2.75) is 31.8 Å². The second-order valence-electron chi connectivity index (χ2n) is 3.47. The van der Waals surface area contributed by atoms with E-state index in [4.69, 9.17) is 10.2 Å². The van der Waals surface area contributed by atoms with Crippen molar-refractivity contribution in [3.05, 3.63) is 0 Å². The van der Waals surface area contributed by atoms with Gasteiger partial charge in [0.05, 0.1) is 6.42 Å². The first-order valence-corrected chi connectivity index (χ1v) is 4.21. The molecule has 1 rings (SSSR count). The molecule has 0 aromatic carbocycles. The molecule has 5 nitrogen and oxygen atoms in total. The number of aliphatic carboxylic acids is 2. The van der Waals surface area contributed by atoms with Crippen LogP contribution in [0.4, 0.5) is 0 Å². The number of hydrogen-bond acceptors (Lipinski definition) is 3. The molecule has 1 saturated heterocycles. The molecule has 0 saturated carbocycles. The van der Waals surface area contributed by atoms with Crippen LogP contribution in [-0.2, 0) is 9.59 Å². The first-order chi connectivity index (χ1) is 6.00. The molecule has 0 bridgehead atoms. The highest BCUT2D eigenvalue weighted by atomic mass is 16.4. The summed E-state index contributed by atoms with van der Waals surface area (Å²) < 4.78 is 0. The molecule has 0 radical (unpaired) electrons. The molecule has 3 N–H and O–H groups in total. The minimum atomic E-state index is -0.903. The Labute approximate surface area is 75.7 Å². The summed E-state index contributed by atoms with van der Waals surface area (Å²) in [7, 11) is 0. The van der Waals surface area contributed by atoms with Gasteiger partial charge in [-0.15, -0.1) is 0 Å². The molecule has 13 heavy (non-hydrogen) atoms. The van der Waals surface area contributed by atoms with Crippen molar-refractivity contribution in [1.82, 2.24) is 5.32 Å². The van der Waals surface area contributed by atoms with Crippen LogP contribution in [-0.4, -0.2) is 34.2 Å². The van der Waals surface area contributed by atoms with Gasteiger partial charge < -0.3 is 15.5 Å². The second-order valence-corrected chi connectivity index (χ2v) is 3.47. The lowest BCUT2D eigenvalue weighted by Crippen LogP contribution is -2.37. The molecular weight excluding hydrogens is 174 g/mol.